The molecule has 1 aromatic rings. The topological polar surface area (TPSA) is 55.5 Å². The molecule has 1 rings (SSSR count). The molecule has 90 valence electrons. The normalized spacial score (nSPS) is 13.6. The van der Waals surface area contributed by atoms with Crippen LogP contribution in [0.3, 0.4) is 0 Å². The lowest BCUT2D eigenvalue weighted by Gasteiger charge is -2.29. The first-order valence-electron chi connectivity index (χ1n) is 5.10. The summed E-state index contributed by atoms with van der Waals surface area (Å²) in [6.07, 6.45) is 0. The molecule has 3 nitrogen and oxygen atoms in total. The summed E-state index contributed by atoms with van der Waals surface area (Å²) in [6.45, 7) is 5.99. The molecule has 4 heteroatoms. The van der Waals surface area contributed by atoms with Crippen LogP contribution in [0.25, 0.3) is 0 Å². The molecule has 16 heavy (non-hydrogen) atoms. The highest BCUT2D eigenvalue weighted by atomic mass is 35.5. The molecule has 0 aliphatic rings. The lowest BCUT2D eigenvalue weighted by Crippen LogP contribution is -2.26. The van der Waals surface area contributed by atoms with Gasteiger partial charge in [-0.05, 0) is 17.5 Å². The minimum absolute atomic E-state index is 0.00319. The van der Waals surface area contributed by atoms with Crippen molar-refractivity contribution >= 4 is 11.6 Å². The Bertz CT molecular complexity index is 385. The van der Waals surface area contributed by atoms with Gasteiger partial charge in [0.05, 0.1) is 17.7 Å². The number of ether oxygens (including phenoxy) is 1. The first-order valence-corrected chi connectivity index (χ1v) is 5.47. The molecule has 0 spiro atoms. The Morgan fingerprint density at radius 2 is 1.94 bits per heavy atom. The van der Waals surface area contributed by atoms with Gasteiger partial charge in [-0.2, -0.15) is 0 Å². The largest absolute Gasteiger partial charge is 0.506 e. The molecule has 0 saturated carbocycles. The van der Waals surface area contributed by atoms with Crippen molar-refractivity contribution in [2.75, 3.05) is 7.11 Å². The summed E-state index contributed by atoms with van der Waals surface area (Å²) in [5.74, 6) is 0.563. The van der Waals surface area contributed by atoms with Crippen molar-refractivity contribution in [2.24, 2.45) is 11.1 Å². The maximum Gasteiger partial charge on any atom is 0.142 e. The van der Waals surface area contributed by atoms with Gasteiger partial charge in [0.15, 0.2) is 0 Å². The summed E-state index contributed by atoms with van der Waals surface area (Å²) in [4.78, 5) is 0. The van der Waals surface area contributed by atoms with E-state index in [1.165, 1.54) is 0 Å². The molecule has 3 N–H and O–H groups in total. The van der Waals surface area contributed by atoms with Crippen LogP contribution < -0.4 is 10.5 Å². The number of rotatable bonds is 2. The SMILES string of the molecule is COc1ccc(Cl)c(O)c1[C@@H](N)C(C)(C)C. The predicted octanol–water partition coefficient (Wildman–Crippen LogP) is 3.10. The van der Waals surface area contributed by atoms with Crippen LogP contribution in [0, 0.1) is 5.41 Å². The Morgan fingerprint density at radius 1 is 1.38 bits per heavy atom. The molecule has 0 aliphatic carbocycles. The number of methoxy groups -OCH3 is 1. The molecule has 0 bridgehead atoms. The minimum Gasteiger partial charge on any atom is -0.506 e. The molecule has 0 radical (unpaired) electrons. The maximum absolute atomic E-state index is 9.95. The zero-order valence-corrected chi connectivity index (χ0v) is 10.8. The van der Waals surface area contributed by atoms with E-state index in [1.807, 2.05) is 20.8 Å². The highest BCUT2D eigenvalue weighted by molar-refractivity contribution is 6.32. The second-order valence-corrected chi connectivity index (χ2v) is 5.26. The minimum atomic E-state index is -0.346. The zero-order chi connectivity index (χ0) is 12.5. The van der Waals surface area contributed by atoms with Gasteiger partial charge in [0, 0.05) is 6.04 Å². The van der Waals surface area contributed by atoms with Gasteiger partial charge in [0.25, 0.3) is 0 Å². The van der Waals surface area contributed by atoms with E-state index >= 15 is 0 Å². The average Bonchev–Trinajstić information content (AvgIpc) is 2.19. The molecule has 0 fully saturated rings. The van der Waals surface area contributed by atoms with Gasteiger partial charge in [-0.3, -0.25) is 0 Å². The van der Waals surface area contributed by atoms with Crippen LogP contribution in [0.5, 0.6) is 11.5 Å². The number of aromatic hydroxyl groups is 1. The number of halogens is 1. The Kier molecular flexibility index (Phi) is 3.71. The number of phenols is 1. The first kappa shape index (κ1) is 13.1. The Morgan fingerprint density at radius 3 is 2.38 bits per heavy atom. The second-order valence-electron chi connectivity index (χ2n) is 4.86. The Labute approximate surface area is 101 Å². The lowest BCUT2D eigenvalue weighted by atomic mass is 9.82. The van der Waals surface area contributed by atoms with E-state index in [0.717, 1.165) is 0 Å². The summed E-state index contributed by atoms with van der Waals surface area (Å²) < 4.78 is 5.20. The Hall–Kier alpha value is -0.930. The van der Waals surface area contributed by atoms with Crippen molar-refractivity contribution in [3.8, 4) is 11.5 Å². The van der Waals surface area contributed by atoms with Gasteiger partial charge in [0.1, 0.15) is 11.5 Å². The third-order valence-electron chi connectivity index (χ3n) is 2.59. The Balaban J connectivity index is 3.35. The molecule has 0 saturated heterocycles. The zero-order valence-electron chi connectivity index (χ0n) is 10.0. The van der Waals surface area contributed by atoms with E-state index < -0.39 is 0 Å². The van der Waals surface area contributed by atoms with Crippen molar-refractivity contribution in [1.82, 2.24) is 0 Å². The van der Waals surface area contributed by atoms with E-state index in [2.05, 4.69) is 0 Å². The quantitative estimate of drug-likeness (QED) is 0.839. The molecule has 0 aromatic heterocycles. The van der Waals surface area contributed by atoms with Crippen LogP contribution in [0.1, 0.15) is 32.4 Å². The summed E-state index contributed by atoms with van der Waals surface area (Å²) >= 11 is 5.88. The van der Waals surface area contributed by atoms with Crippen molar-refractivity contribution in [1.29, 1.82) is 0 Å². The van der Waals surface area contributed by atoms with Crippen LogP contribution in [0.15, 0.2) is 12.1 Å². The molecule has 0 amide bonds. The lowest BCUT2D eigenvalue weighted by molar-refractivity contribution is 0.304. The maximum atomic E-state index is 9.95. The number of phenolic OH excluding ortho intramolecular Hbond substituents is 1. The number of nitrogens with two attached hydrogens (primary N) is 1. The number of benzene rings is 1. The highest BCUT2D eigenvalue weighted by Crippen LogP contribution is 2.43. The molecular weight excluding hydrogens is 226 g/mol. The van der Waals surface area contributed by atoms with Crippen molar-refractivity contribution in [2.45, 2.75) is 26.8 Å². The van der Waals surface area contributed by atoms with Gasteiger partial charge in [-0.1, -0.05) is 32.4 Å². The van der Waals surface area contributed by atoms with Crippen molar-refractivity contribution in [3.05, 3.63) is 22.7 Å². The van der Waals surface area contributed by atoms with E-state index in [9.17, 15) is 5.11 Å². The van der Waals surface area contributed by atoms with Crippen LogP contribution in [0.2, 0.25) is 5.02 Å². The molecule has 1 atom stereocenters. The van der Waals surface area contributed by atoms with E-state index in [4.69, 9.17) is 22.1 Å². The highest BCUT2D eigenvalue weighted by Gasteiger charge is 2.28. The van der Waals surface area contributed by atoms with Crippen molar-refractivity contribution < 1.29 is 9.84 Å². The van der Waals surface area contributed by atoms with Crippen LogP contribution in [0.4, 0.5) is 0 Å². The third kappa shape index (κ3) is 2.42. The summed E-state index contributed by atoms with van der Waals surface area (Å²) in [5, 5.41) is 10.2. The van der Waals surface area contributed by atoms with E-state index in [1.54, 1.807) is 19.2 Å². The number of hydrogen-bond acceptors (Lipinski definition) is 3. The summed E-state index contributed by atoms with van der Waals surface area (Å²) in [5.41, 5.74) is 6.49. The molecule has 1 aromatic carbocycles. The fourth-order valence-electron chi connectivity index (χ4n) is 1.47. The van der Waals surface area contributed by atoms with Gasteiger partial charge < -0.3 is 15.6 Å². The van der Waals surface area contributed by atoms with Crippen molar-refractivity contribution in [3.63, 3.8) is 0 Å². The smallest absolute Gasteiger partial charge is 0.142 e. The van der Waals surface area contributed by atoms with Gasteiger partial charge in [0.2, 0.25) is 0 Å². The van der Waals surface area contributed by atoms with E-state index in [0.29, 0.717) is 11.3 Å². The van der Waals surface area contributed by atoms with Gasteiger partial charge in [-0.15, -0.1) is 0 Å². The second kappa shape index (κ2) is 4.52. The van der Waals surface area contributed by atoms with Crippen LogP contribution >= 0.6 is 11.6 Å². The van der Waals surface area contributed by atoms with Crippen LogP contribution in [-0.2, 0) is 0 Å². The molecule has 0 aliphatic heterocycles. The van der Waals surface area contributed by atoms with Gasteiger partial charge in [-0.25, -0.2) is 0 Å². The third-order valence-corrected chi connectivity index (χ3v) is 2.90. The molecule has 0 heterocycles. The fraction of sp³-hybridized carbons (Fsp3) is 0.500. The summed E-state index contributed by atoms with van der Waals surface area (Å²) in [7, 11) is 1.54. The van der Waals surface area contributed by atoms with E-state index in [-0.39, 0.29) is 22.2 Å². The molecular formula is C12H18ClNO2. The summed E-state index contributed by atoms with van der Waals surface area (Å²) in [6, 6.07) is 2.96. The fourth-order valence-corrected chi connectivity index (χ4v) is 1.64. The van der Waals surface area contributed by atoms with Crippen LogP contribution in [-0.4, -0.2) is 12.2 Å². The average molecular weight is 244 g/mol. The molecule has 0 unspecified atom stereocenters. The van der Waals surface area contributed by atoms with Gasteiger partial charge >= 0.3 is 0 Å². The predicted molar refractivity (Wildman–Crippen MR) is 66.1 cm³/mol. The first-order chi connectivity index (χ1) is 7.29. The monoisotopic (exact) mass is 243 g/mol. The number of hydrogen-bond donors (Lipinski definition) is 2. The standard InChI is InChI=1S/C12H18ClNO2/c1-12(2,3)11(14)9-8(16-4)6-5-7(13)10(9)15/h5-6,11,15H,14H2,1-4H3/t11-/m1/s1.